The minimum absolute atomic E-state index is 0.0238. The highest BCUT2D eigenvalue weighted by molar-refractivity contribution is 5.69. The number of aliphatic hydroxyl groups is 1. The maximum absolute atomic E-state index is 11.0. The summed E-state index contributed by atoms with van der Waals surface area (Å²) in [6.45, 7) is 3.59. The summed E-state index contributed by atoms with van der Waals surface area (Å²) in [7, 11) is 0. The van der Waals surface area contributed by atoms with E-state index in [2.05, 4.69) is 20.7 Å². The number of hydrogen-bond acceptors (Lipinski definition) is 8. The van der Waals surface area contributed by atoms with Crippen molar-refractivity contribution in [3.63, 3.8) is 0 Å². The number of nitrogens with zero attached hydrogens (tertiary/aromatic N) is 3. The van der Waals surface area contributed by atoms with Crippen molar-refractivity contribution in [1.82, 2.24) is 9.97 Å². The zero-order chi connectivity index (χ0) is 13.7. The lowest BCUT2D eigenvalue weighted by Gasteiger charge is -2.20. The summed E-state index contributed by atoms with van der Waals surface area (Å²) < 4.78 is 0. The summed E-state index contributed by atoms with van der Waals surface area (Å²) in [5.74, 6) is 5.18. The number of anilines is 2. The molecule has 0 radical (unpaired) electrons. The van der Waals surface area contributed by atoms with Crippen LogP contribution in [0.25, 0.3) is 0 Å². The van der Waals surface area contributed by atoms with Gasteiger partial charge in [0.2, 0.25) is 11.6 Å². The minimum Gasteiger partial charge on any atom is -0.394 e. The van der Waals surface area contributed by atoms with Crippen molar-refractivity contribution in [2.75, 3.05) is 17.3 Å². The van der Waals surface area contributed by atoms with E-state index in [1.807, 2.05) is 13.8 Å². The highest BCUT2D eigenvalue weighted by Gasteiger charge is 2.25. The van der Waals surface area contributed by atoms with E-state index in [0.717, 1.165) is 6.33 Å². The average Bonchev–Trinajstić information content (AvgIpc) is 2.34. The Kier molecular flexibility index (Phi) is 4.75. The van der Waals surface area contributed by atoms with Crippen LogP contribution in [0, 0.1) is 16.0 Å². The van der Waals surface area contributed by atoms with Gasteiger partial charge in [-0.1, -0.05) is 13.8 Å². The predicted molar refractivity (Wildman–Crippen MR) is 65.8 cm³/mol. The van der Waals surface area contributed by atoms with Crippen LogP contribution in [-0.2, 0) is 0 Å². The second-order valence-corrected chi connectivity index (χ2v) is 4.00. The van der Waals surface area contributed by atoms with Crippen molar-refractivity contribution >= 4 is 17.3 Å². The molecule has 0 aliphatic rings. The summed E-state index contributed by atoms with van der Waals surface area (Å²) in [6, 6.07) is -0.343. The zero-order valence-electron chi connectivity index (χ0n) is 10.1. The third-order valence-electron chi connectivity index (χ3n) is 2.47. The van der Waals surface area contributed by atoms with Crippen LogP contribution < -0.4 is 16.6 Å². The first-order valence-corrected chi connectivity index (χ1v) is 5.34. The molecule has 0 aromatic carbocycles. The number of nitrogens with two attached hydrogens (primary N) is 1. The number of hydrogen-bond donors (Lipinski definition) is 4. The number of nitrogens with one attached hydrogen (secondary N) is 2. The lowest BCUT2D eigenvalue weighted by molar-refractivity contribution is -0.383. The molecule has 0 saturated carbocycles. The van der Waals surface area contributed by atoms with E-state index in [4.69, 9.17) is 5.84 Å². The van der Waals surface area contributed by atoms with Crippen LogP contribution in [0.2, 0.25) is 0 Å². The first-order chi connectivity index (χ1) is 8.51. The van der Waals surface area contributed by atoms with Crippen LogP contribution in [0.3, 0.4) is 0 Å². The Bertz CT molecular complexity index is 425. The van der Waals surface area contributed by atoms with Gasteiger partial charge in [-0.3, -0.25) is 10.1 Å². The van der Waals surface area contributed by atoms with E-state index in [0.29, 0.717) is 0 Å². The molecule has 100 valence electrons. The Labute approximate surface area is 104 Å². The predicted octanol–water partition coefficient (Wildman–Crippen LogP) is 0.0992. The molecule has 0 fully saturated rings. The van der Waals surface area contributed by atoms with Gasteiger partial charge in [-0.05, 0) is 5.92 Å². The molecule has 18 heavy (non-hydrogen) atoms. The molecule has 9 heteroatoms. The monoisotopic (exact) mass is 256 g/mol. The van der Waals surface area contributed by atoms with Gasteiger partial charge in [0.15, 0.2) is 0 Å². The van der Waals surface area contributed by atoms with Crippen molar-refractivity contribution in [2.45, 2.75) is 19.9 Å². The fourth-order valence-electron chi connectivity index (χ4n) is 1.36. The Morgan fingerprint density at radius 3 is 2.56 bits per heavy atom. The Morgan fingerprint density at radius 1 is 1.50 bits per heavy atom. The molecular formula is C9H16N6O3. The fourth-order valence-corrected chi connectivity index (χ4v) is 1.36. The van der Waals surface area contributed by atoms with Gasteiger partial charge >= 0.3 is 5.69 Å². The third kappa shape index (κ3) is 3.02. The minimum atomic E-state index is -0.633. The topological polar surface area (TPSA) is 139 Å². The number of nitro groups is 1. The fraction of sp³-hybridized carbons (Fsp3) is 0.556. The number of nitrogen functional groups attached to an aromatic ring is 1. The van der Waals surface area contributed by atoms with Crippen LogP contribution in [0.15, 0.2) is 6.33 Å². The summed E-state index contributed by atoms with van der Waals surface area (Å²) in [6.07, 6.45) is 1.15. The molecular weight excluding hydrogens is 240 g/mol. The normalized spacial score (nSPS) is 12.3. The molecule has 1 aromatic rings. The molecule has 0 aliphatic carbocycles. The van der Waals surface area contributed by atoms with Crippen LogP contribution in [-0.4, -0.2) is 32.6 Å². The molecule has 0 aliphatic heterocycles. The van der Waals surface area contributed by atoms with Gasteiger partial charge in [0.25, 0.3) is 0 Å². The van der Waals surface area contributed by atoms with Gasteiger partial charge < -0.3 is 15.8 Å². The van der Waals surface area contributed by atoms with Gasteiger partial charge in [0.1, 0.15) is 6.33 Å². The summed E-state index contributed by atoms with van der Waals surface area (Å²) in [5, 5.41) is 23.0. The molecule has 0 amide bonds. The molecule has 0 spiro atoms. The second-order valence-electron chi connectivity index (χ2n) is 4.00. The van der Waals surface area contributed by atoms with E-state index >= 15 is 0 Å². The molecule has 0 bridgehead atoms. The SMILES string of the molecule is CC(C)C(CO)Nc1ncnc(NN)c1[N+](=O)[O-]. The number of aromatic nitrogens is 2. The molecule has 5 N–H and O–H groups in total. The van der Waals surface area contributed by atoms with Crippen LogP contribution >= 0.6 is 0 Å². The van der Waals surface area contributed by atoms with Gasteiger partial charge in [0.05, 0.1) is 17.6 Å². The summed E-state index contributed by atoms with van der Waals surface area (Å²) in [4.78, 5) is 17.8. The molecule has 1 rings (SSSR count). The van der Waals surface area contributed by atoms with E-state index in [-0.39, 0.29) is 35.9 Å². The number of aliphatic hydroxyl groups excluding tert-OH is 1. The van der Waals surface area contributed by atoms with Crippen molar-refractivity contribution in [3.8, 4) is 0 Å². The lowest BCUT2D eigenvalue weighted by Crippen LogP contribution is -2.30. The number of hydrazine groups is 1. The number of rotatable bonds is 6. The van der Waals surface area contributed by atoms with Gasteiger partial charge in [-0.25, -0.2) is 15.8 Å². The first-order valence-electron chi connectivity index (χ1n) is 5.34. The van der Waals surface area contributed by atoms with E-state index < -0.39 is 4.92 Å². The summed E-state index contributed by atoms with van der Waals surface area (Å²) >= 11 is 0. The van der Waals surface area contributed by atoms with Crippen molar-refractivity contribution in [3.05, 3.63) is 16.4 Å². The third-order valence-corrected chi connectivity index (χ3v) is 2.47. The molecule has 1 heterocycles. The Morgan fingerprint density at radius 2 is 2.11 bits per heavy atom. The summed E-state index contributed by atoms with van der Waals surface area (Å²) in [5.41, 5.74) is 1.79. The van der Waals surface area contributed by atoms with Crippen LogP contribution in [0.5, 0.6) is 0 Å². The van der Waals surface area contributed by atoms with Gasteiger partial charge in [-0.2, -0.15) is 0 Å². The standard InChI is InChI=1S/C9H16N6O3/c1-5(2)6(3-16)13-8-7(15(17)18)9(14-10)12-4-11-8/h4-6,16H,3,10H2,1-2H3,(H2,11,12,13,14). The van der Waals surface area contributed by atoms with E-state index in [9.17, 15) is 15.2 Å². The maximum Gasteiger partial charge on any atom is 0.354 e. The Hall–Kier alpha value is -2.00. The lowest BCUT2D eigenvalue weighted by atomic mass is 10.1. The van der Waals surface area contributed by atoms with Crippen LogP contribution in [0.1, 0.15) is 13.8 Å². The zero-order valence-corrected chi connectivity index (χ0v) is 10.1. The van der Waals surface area contributed by atoms with Gasteiger partial charge in [-0.15, -0.1) is 0 Å². The maximum atomic E-state index is 11.0. The smallest absolute Gasteiger partial charge is 0.354 e. The molecule has 0 saturated heterocycles. The molecule has 1 aromatic heterocycles. The molecule has 1 unspecified atom stereocenters. The largest absolute Gasteiger partial charge is 0.394 e. The molecule has 9 nitrogen and oxygen atoms in total. The molecule has 1 atom stereocenters. The highest BCUT2D eigenvalue weighted by Crippen LogP contribution is 2.29. The van der Waals surface area contributed by atoms with E-state index in [1.54, 1.807) is 0 Å². The first kappa shape index (κ1) is 14.1. The average molecular weight is 256 g/mol. The van der Waals surface area contributed by atoms with Gasteiger partial charge in [0, 0.05) is 0 Å². The van der Waals surface area contributed by atoms with E-state index in [1.165, 1.54) is 0 Å². The van der Waals surface area contributed by atoms with Crippen molar-refractivity contribution in [2.24, 2.45) is 11.8 Å². The Balaban J connectivity index is 3.12. The quantitative estimate of drug-likeness (QED) is 0.319. The van der Waals surface area contributed by atoms with Crippen molar-refractivity contribution in [1.29, 1.82) is 0 Å². The van der Waals surface area contributed by atoms with Crippen molar-refractivity contribution < 1.29 is 10.0 Å². The highest BCUT2D eigenvalue weighted by atomic mass is 16.6. The second kappa shape index (κ2) is 6.07. The van der Waals surface area contributed by atoms with Crippen LogP contribution in [0.4, 0.5) is 17.3 Å².